The summed E-state index contributed by atoms with van der Waals surface area (Å²) in [6, 6.07) is 21.4. The summed E-state index contributed by atoms with van der Waals surface area (Å²) in [5, 5.41) is 8.56. The standard InChI is InChI=1S/C17H15N3O/c1-21-16-11-9-15(10-12-16)20-13-5-8-17(20)19-18-14-6-3-2-4-7-14/h2-13H,1H3. The van der Waals surface area contributed by atoms with E-state index in [-0.39, 0.29) is 0 Å². The van der Waals surface area contributed by atoms with Crippen molar-refractivity contribution in [1.82, 2.24) is 4.57 Å². The normalized spacial score (nSPS) is 10.9. The zero-order chi connectivity index (χ0) is 14.5. The van der Waals surface area contributed by atoms with Gasteiger partial charge in [-0.15, -0.1) is 10.2 Å². The van der Waals surface area contributed by atoms with Gasteiger partial charge in [-0.3, -0.25) is 0 Å². The molecule has 3 aromatic rings. The first-order chi connectivity index (χ1) is 10.4. The van der Waals surface area contributed by atoms with E-state index >= 15 is 0 Å². The highest BCUT2D eigenvalue weighted by molar-refractivity contribution is 5.46. The summed E-state index contributed by atoms with van der Waals surface area (Å²) >= 11 is 0. The largest absolute Gasteiger partial charge is 0.497 e. The fraction of sp³-hybridized carbons (Fsp3) is 0.0588. The number of benzene rings is 2. The number of rotatable bonds is 4. The average Bonchev–Trinajstić information content (AvgIpc) is 3.02. The van der Waals surface area contributed by atoms with Crippen molar-refractivity contribution in [3.63, 3.8) is 0 Å². The maximum atomic E-state index is 5.17. The van der Waals surface area contributed by atoms with Crippen LogP contribution >= 0.6 is 0 Å². The minimum atomic E-state index is 0.781. The average molecular weight is 277 g/mol. The van der Waals surface area contributed by atoms with E-state index in [1.54, 1.807) is 7.11 Å². The number of hydrogen-bond acceptors (Lipinski definition) is 3. The van der Waals surface area contributed by atoms with Crippen LogP contribution in [0.1, 0.15) is 0 Å². The molecule has 1 aromatic heterocycles. The van der Waals surface area contributed by atoms with Crippen LogP contribution in [0.15, 0.2) is 83.2 Å². The van der Waals surface area contributed by atoms with E-state index in [0.29, 0.717) is 0 Å². The van der Waals surface area contributed by atoms with Crippen molar-refractivity contribution in [2.24, 2.45) is 10.2 Å². The molecule has 4 nitrogen and oxygen atoms in total. The maximum absolute atomic E-state index is 5.17. The van der Waals surface area contributed by atoms with Crippen molar-refractivity contribution in [2.45, 2.75) is 0 Å². The molecule has 21 heavy (non-hydrogen) atoms. The summed E-state index contributed by atoms with van der Waals surface area (Å²) < 4.78 is 7.15. The van der Waals surface area contributed by atoms with Crippen molar-refractivity contribution in [3.05, 3.63) is 72.9 Å². The highest BCUT2D eigenvalue weighted by Crippen LogP contribution is 2.23. The van der Waals surface area contributed by atoms with Gasteiger partial charge in [0, 0.05) is 11.9 Å². The van der Waals surface area contributed by atoms with Crippen LogP contribution in [0.25, 0.3) is 5.69 Å². The quantitative estimate of drug-likeness (QED) is 0.625. The first-order valence-electron chi connectivity index (χ1n) is 6.65. The van der Waals surface area contributed by atoms with Crippen molar-refractivity contribution in [3.8, 4) is 11.4 Å². The fourth-order valence-corrected chi connectivity index (χ4v) is 2.02. The van der Waals surface area contributed by atoms with Gasteiger partial charge in [0.1, 0.15) is 5.75 Å². The summed E-state index contributed by atoms with van der Waals surface area (Å²) in [7, 11) is 1.66. The Bertz CT molecular complexity index is 730. The van der Waals surface area contributed by atoms with Gasteiger partial charge in [0.2, 0.25) is 0 Å². The molecule has 0 fully saturated rings. The molecule has 0 radical (unpaired) electrons. The monoisotopic (exact) mass is 277 g/mol. The highest BCUT2D eigenvalue weighted by Gasteiger charge is 2.02. The third kappa shape index (κ3) is 3.00. The Morgan fingerprint density at radius 1 is 0.810 bits per heavy atom. The number of nitrogens with zero attached hydrogens (tertiary/aromatic N) is 3. The fourth-order valence-electron chi connectivity index (χ4n) is 2.02. The molecule has 0 aliphatic carbocycles. The van der Waals surface area contributed by atoms with E-state index in [0.717, 1.165) is 22.9 Å². The Kier molecular flexibility index (Phi) is 3.78. The Balaban J connectivity index is 1.88. The summed E-state index contributed by atoms with van der Waals surface area (Å²) in [6.45, 7) is 0. The molecule has 3 rings (SSSR count). The van der Waals surface area contributed by atoms with Gasteiger partial charge in [-0.25, -0.2) is 0 Å². The van der Waals surface area contributed by atoms with Crippen molar-refractivity contribution in [2.75, 3.05) is 7.11 Å². The molecule has 0 N–H and O–H groups in total. The number of azo groups is 1. The van der Waals surface area contributed by atoms with Gasteiger partial charge in [-0.1, -0.05) is 18.2 Å². The van der Waals surface area contributed by atoms with Crippen LogP contribution in [-0.2, 0) is 0 Å². The summed E-state index contributed by atoms with van der Waals surface area (Å²) in [4.78, 5) is 0. The molecule has 0 atom stereocenters. The van der Waals surface area contributed by atoms with Gasteiger partial charge < -0.3 is 9.30 Å². The predicted octanol–water partition coefficient (Wildman–Crippen LogP) is 4.90. The molecule has 0 saturated heterocycles. The maximum Gasteiger partial charge on any atom is 0.159 e. The zero-order valence-electron chi connectivity index (χ0n) is 11.7. The van der Waals surface area contributed by atoms with Crippen molar-refractivity contribution in [1.29, 1.82) is 0 Å². The number of aromatic nitrogens is 1. The molecule has 4 heteroatoms. The molecule has 0 aliphatic heterocycles. The second-order valence-electron chi connectivity index (χ2n) is 4.47. The first-order valence-corrected chi connectivity index (χ1v) is 6.65. The van der Waals surface area contributed by atoms with Gasteiger partial charge in [0.25, 0.3) is 0 Å². The van der Waals surface area contributed by atoms with Crippen LogP contribution in [0, 0.1) is 0 Å². The van der Waals surface area contributed by atoms with Crippen LogP contribution in [0.2, 0.25) is 0 Å². The first kappa shape index (κ1) is 13.1. The highest BCUT2D eigenvalue weighted by atomic mass is 16.5. The molecule has 104 valence electrons. The molecule has 0 amide bonds. The third-order valence-corrected chi connectivity index (χ3v) is 3.10. The number of methoxy groups -OCH3 is 1. The molecule has 0 aliphatic rings. The second kappa shape index (κ2) is 6.05. The van der Waals surface area contributed by atoms with Gasteiger partial charge >= 0.3 is 0 Å². The van der Waals surface area contributed by atoms with E-state index in [1.165, 1.54) is 0 Å². The van der Waals surface area contributed by atoms with E-state index in [1.807, 2.05) is 77.5 Å². The summed E-state index contributed by atoms with van der Waals surface area (Å²) in [5.41, 5.74) is 1.85. The van der Waals surface area contributed by atoms with Crippen LogP contribution < -0.4 is 4.74 Å². The Labute approximate surface area is 123 Å². The minimum Gasteiger partial charge on any atom is -0.497 e. The number of ether oxygens (including phenoxy) is 1. The second-order valence-corrected chi connectivity index (χ2v) is 4.47. The Hall–Kier alpha value is -2.88. The molecule has 0 bridgehead atoms. The molecular formula is C17H15N3O. The lowest BCUT2D eigenvalue weighted by atomic mass is 10.3. The molecule has 2 aromatic carbocycles. The van der Waals surface area contributed by atoms with Crippen LogP contribution in [0.5, 0.6) is 5.75 Å². The molecule has 1 heterocycles. The Morgan fingerprint density at radius 2 is 1.57 bits per heavy atom. The van der Waals surface area contributed by atoms with Crippen LogP contribution in [0.3, 0.4) is 0 Å². The topological polar surface area (TPSA) is 38.9 Å². The van der Waals surface area contributed by atoms with Crippen molar-refractivity contribution < 1.29 is 4.74 Å². The third-order valence-electron chi connectivity index (χ3n) is 3.10. The van der Waals surface area contributed by atoms with E-state index in [9.17, 15) is 0 Å². The Morgan fingerprint density at radius 3 is 2.29 bits per heavy atom. The van der Waals surface area contributed by atoms with Gasteiger partial charge in [-0.2, -0.15) is 0 Å². The van der Waals surface area contributed by atoms with E-state index in [2.05, 4.69) is 10.2 Å². The summed E-state index contributed by atoms with van der Waals surface area (Å²) in [6.07, 6.45) is 1.96. The van der Waals surface area contributed by atoms with Gasteiger partial charge in [0.15, 0.2) is 5.82 Å². The van der Waals surface area contributed by atoms with E-state index < -0.39 is 0 Å². The van der Waals surface area contributed by atoms with Crippen molar-refractivity contribution >= 4 is 11.5 Å². The molecule has 0 unspecified atom stereocenters. The van der Waals surface area contributed by atoms with Gasteiger partial charge in [0.05, 0.1) is 12.8 Å². The SMILES string of the molecule is COc1ccc(-n2cccc2N=Nc2ccccc2)cc1. The van der Waals surface area contributed by atoms with Crippen LogP contribution in [-0.4, -0.2) is 11.7 Å². The van der Waals surface area contributed by atoms with E-state index in [4.69, 9.17) is 4.74 Å². The predicted molar refractivity (Wildman–Crippen MR) is 82.9 cm³/mol. The smallest absolute Gasteiger partial charge is 0.159 e. The lowest BCUT2D eigenvalue weighted by Gasteiger charge is -2.06. The lowest BCUT2D eigenvalue weighted by Crippen LogP contribution is -1.91. The zero-order valence-corrected chi connectivity index (χ0v) is 11.7. The molecule has 0 spiro atoms. The molecule has 0 saturated carbocycles. The minimum absolute atomic E-state index is 0.781. The van der Waals surface area contributed by atoms with Crippen LogP contribution in [0.4, 0.5) is 11.5 Å². The van der Waals surface area contributed by atoms with Gasteiger partial charge in [-0.05, 0) is 48.5 Å². The molecular weight excluding hydrogens is 262 g/mol. The lowest BCUT2D eigenvalue weighted by molar-refractivity contribution is 0.415. The number of hydrogen-bond donors (Lipinski definition) is 0. The summed E-state index contributed by atoms with van der Waals surface area (Å²) in [5.74, 6) is 1.61.